The van der Waals surface area contributed by atoms with E-state index in [9.17, 15) is 9.59 Å². The number of ether oxygens (including phenoxy) is 2. The van der Waals surface area contributed by atoms with Gasteiger partial charge in [-0.2, -0.15) is 0 Å². The number of benzene rings is 1. The molecular formula is C12H11Br2NO4. The summed E-state index contributed by atoms with van der Waals surface area (Å²) in [5.41, 5.74) is 0.491. The molecule has 1 saturated heterocycles. The van der Waals surface area contributed by atoms with Crippen LogP contribution in [0.5, 0.6) is 5.75 Å². The van der Waals surface area contributed by atoms with E-state index in [1.807, 2.05) is 0 Å². The predicted molar refractivity (Wildman–Crippen MR) is 75.6 cm³/mol. The number of hydrogen-bond donors (Lipinski definition) is 0. The van der Waals surface area contributed by atoms with Crippen molar-refractivity contribution in [3.63, 3.8) is 0 Å². The van der Waals surface area contributed by atoms with Crippen LogP contribution in [0.4, 0.5) is 4.79 Å². The first-order chi connectivity index (χ1) is 9.11. The monoisotopic (exact) mass is 391 g/mol. The van der Waals surface area contributed by atoms with E-state index in [-0.39, 0.29) is 0 Å². The first-order valence-electron chi connectivity index (χ1n) is 5.60. The van der Waals surface area contributed by atoms with E-state index in [0.29, 0.717) is 46.6 Å². The number of nitrogens with zero attached hydrogens (tertiary/aromatic N) is 1. The van der Waals surface area contributed by atoms with Crippen LogP contribution in [0.3, 0.4) is 0 Å². The Morgan fingerprint density at radius 1 is 1.26 bits per heavy atom. The summed E-state index contributed by atoms with van der Waals surface area (Å²) in [7, 11) is 0. The van der Waals surface area contributed by atoms with Crippen molar-refractivity contribution in [1.82, 2.24) is 4.90 Å². The fourth-order valence-corrected chi connectivity index (χ4v) is 3.03. The van der Waals surface area contributed by atoms with E-state index in [1.54, 1.807) is 17.0 Å². The Morgan fingerprint density at radius 3 is 2.37 bits per heavy atom. The molecule has 0 unspecified atom stereocenters. The highest BCUT2D eigenvalue weighted by Crippen LogP contribution is 2.34. The van der Waals surface area contributed by atoms with Gasteiger partial charge in [0.15, 0.2) is 5.75 Å². The lowest BCUT2D eigenvalue weighted by Crippen LogP contribution is -2.42. The van der Waals surface area contributed by atoms with Crippen molar-refractivity contribution in [3.8, 4) is 5.75 Å². The summed E-state index contributed by atoms with van der Waals surface area (Å²) in [6, 6.07) is 3.19. The van der Waals surface area contributed by atoms with E-state index in [1.165, 1.54) is 0 Å². The number of amides is 1. The highest BCUT2D eigenvalue weighted by molar-refractivity contribution is 9.11. The van der Waals surface area contributed by atoms with Crippen LogP contribution in [0.15, 0.2) is 21.1 Å². The molecule has 0 radical (unpaired) electrons. The van der Waals surface area contributed by atoms with Crippen LogP contribution in [0.25, 0.3) is 0 Å². The van der Waals surface area contributed by atoms with Crippen molar-refractivity contribution in [2.75, 3.05) is 26.3 Å². The summed E-state index contributed by atoms with van der Waals surface area (Å²) in [5, 5.41) is 0. The lowest BCUT2D eigenvalue weighted by atomic mass is 10.2. The maximum atomic E-state index is 12.0. The van der Waals surface area contributed by atoms with Crippen molar-refractivity contribution in [2.45, 2.75) is 0 Å². The minimum absolute atomic E-state index is 0.363. The fraction of sp³-hybridized carbons (Fsp3) is 0.333. The van der Waals surface area contributed by atoms with Gasteiger partial charge in [0.2, 0.25) is 0 Å². The topological polar surface area (TPSA) is 55.8 Å². The minimum Gasteiger partial charge on any atom is -0.408 e. The summed E-state index contributed by atoms with van der Waals surface area (Å²) in [6.45, 7) is 2.06. The third kappa shape index (κ3) is 3.55. The molecule has 0 saturated carbocycles. The molecule has 1 heterocycles. The zero-order chi connectivity index (χ0) is 13.8. The fourth-order valence-electron chi connectivity index (χ4n) is 1.64. The zero-order valence-electron chi connectivity index (χ0n) is 9.90. The molecule has 1 aliphatic rings. The predicted octanol–water partition coefficient (Wildman–Crippen LogP) is 2.86. The highest BCUT2D eigenvalue weighted by atomic mass is 79.9. The molecule has 1 aromatic carbocycles. The van der Waals surface area contributed by atoms with E-state index in [4.69, 9.17) is 9.47 Å². The second kappa shape index (κ2) is 6.49. The minimum atomic E-state index is -0.427. The molecule has 0 bridgehead atoms. The van der Waals surface area contributed by atoms with Gasteiger partial charge in [0.25, 0.3) is 0 Å². The SMILES string of the molecule is O=Cc1cc(Br)c(OC(=O)N2CCOCC2)c(Br)c1. The molecule has 2 rings (SSSR count). The van der Waals surface area contributed by atoms with E-state index >= 15 is 0 Å². The number of hydrogen-bond acceptors (Lipinski definition) is 4. The number of carbonyl (C=O) groups excluding carboxylic acids is 2. The molecule has 1 amide bonds. The van der Waals surface area contributed by atoms with Crippen molar-refractivity contribution < 1.29 is 19.1 Å². The highest BCUT2D eigenvalue weighted by Gasteiger charge is 2.21. The Labute approximate surface area is 127 Å². The molecule has 1 fully saturated rings. The van der Waals surface area contributed by atoms with Crippen molar-refractivity contribution >= 4 is 44.2 Å². The number of morpholine rings is 1. The lowest BCUT2D eigenvalue weighted by molar-refractivity contribution is 0.0414. The lowest BCUT2D eigenvalue weighted by Gasteiger charge is -2.26. The van der Waals surface area contributed by atoms with Crippen LogP contribution < -0.4 is 4.74 Å². The summed E-state index contributed by atoms with van der Waals surface area (Å²) in [4.78, 5) is 24.3. The normalized spacial score (nSPS) is 15.2. The molecule has 5 nitrogen and oxygen atoms in total. The van der Waals surface area contributed by atoms with Crippen LogP contribution in [-0.2, 0) is 4.74 Å². The van der Waals surface area contributed by atoms with Gasteiger partial charge in [-0.15, -0.1) is 0 Å². The Kier molecular flexibility index (Phi) is 4.95. The van der Waals surface area contributed by atoms with E-state index in [0.717, 1.165) is 6.29 Å². The van der Waals surface area contributed by atoms with Crippen molar-refractivity contribution in [2.24, 2.45) is 0 Å². The smallest absolute Gasteiger partial charge is 0.408 e. The first-order valence-corrected chi connectivity index (χ1v) is 7.19. The number of halogens is 2. The molecule has 0 N–H and O–H groups in total. The van der Waals surface area contributed by atoms with Crippen molar-refractivity contribution in [1.29, 1.82) is 0 Å². The maximum Gasteiger partial charge on any atom is 0.415 e. The van der Waals surface area contributed by atoms with Gasteiger partial charge in [0.1, 0.15) is 6.29 Å². The van der Waals surface area contributed by atoms with E-state index in [2.05, 4.69) is 31.9 Å². The van der Waals surface area contributed by atoms with Gasteiger partial charge in [0.05, 0.1) is 22.2 Å². The second-order valence-electron chi connectivity index (χ2n) is 3.90. The third-order valence-corrected chi connectivity index (χ3v) is 3.79. The standard InChI is InChI=1S/C12H11Br2NO4/c13-9-5-8(7-16)6-10(14)11(9)19-12(17)15-1-3-18-4-2-15/h5-7H,1-4H2. The second-order valence-corrected chi connectivity index (χ2v) is 5.61. The molecule has 19 heavy (non-hydrogen) atoms. The number of carbonyl (C=O) groups is 2. The summed E-state index contributed by atoms with van der Waals surface area (Å²) in [5.74, 6) is 0.363. The molecular weight excluding hydrogens is 382 g/mol. The Bertz CT molecular complexity index is 477. The van der Waals surface area contributed by atoms with Gasteiger partial charge in [0, 0.05) is 18.7 Å². The van der Waals surface area contributed by atoms with Gasteiger partial charge in [-0.05, 0) is 44.0 Å². The Morgan fingerprint density at radius 2 is 1.84 bits per heavy atom. The molecule has 0 aromatic heterocycles. The molecule has 0 aliphatic carbocycles. The zero-order valence-corrected chi connectivity index (χ0v) is 13.1. The van der Waals surface area contributed by atoms with Crippen LogP contribution >= 0.6 is 31.9 Å². The summed E-state index contributed by atoms with van der Waals surface area (Å²) in [6.07, 6.45) is 0.298. The van der Waals surface area contributed by atoms with E-state index < -0.39 is 6.09 Å². The van der Waals surface area contributed by atoms with Gasteiger partial charge < -0.3 is 14.4 Å². The van der Waals surface area contributed by atoms with Crippen LogP contribution in [0.2, 0.25) is 0 Å². The Balaban J connectivity index is 2.14. The molecule has 0 atom stereocenters. The quantitative estimate of drug-likeness (QED) is 0.726. The van der Waals surface area contributed by atoms with Crippen molar-refractivity contribution in [3.05, 3.63) is 26.6 Å². The van der Waals surface area contributed by atoms with Crippen LogP contribution in [-0.4, -0.2) is 43.6 Å². The third-order valence-electron chi connectivity index (χ3n) is 2.62. The largest absolute Gasteiger partial charge is 0.415 e. The van der Waals surface area contributed by atoms with Gasteiger partial charge >= 0.3 is 6.09 Å². The number of aldehydes is 1. The summed E-state index contributed by atoms with van der Waals surface area (Å²) < 4.78 is 11.6. The molecule has 7 heteroatoms. The molecule has 0 spiro atoms. The average Bonchev–Trinajstić information content (AvgIpc) is 2.43. The molecule has 1 aromatic rings. The number of rotatable bonds is 2. The van der Waals surface area contributed by atoms with Gasteiger partial charge in [-0.1, -0.05) is 0 Å². The summed E-state index contributed by atoms with van der Waals surface area (Å²) >= 11 is 6.56. The van der Waals surface area contributed by atoms with Gasteiger partial charge in [-0.25, -0.2) is 4.79 Å². The molecule has 1 aliphatic heterocycles. The Hall–Kier alpha value is -0.920. The average molecular weight is 393 g/mol. The maximum absolute atomic E-state index is 12.0. The van der Waals surface area contributed by atoms with Crippen LogP contribution in [0, 0.1) is 0 Å². The first kappa shape index (κ1) is 14.5. The van der Waals surface area contributed by atoms with Crippen LogP contribution in [0.1, 0.15) is 10.4 Å². The van der Waals surface area contributed by atoms with Gasteiger partial charge in [-0.3, -0.25) is 4.79 Å². The molecule has 102 valence electrons.